The first kappa shape index (κ1) is 13.9. The SMILES string of the molecule is Cc1cc(C(=O)N2CCN(C(C)C)CC2)ccc1O. The lowest BCUT2D eigenvalue weighted by atomic mass is 10.1. The van der Waals surface area contributed by atoms with Crippen molar-refractivity contribution in [3.8, 4) is 5.75 Å². The van der Waals surface area contributed by atoms with Gasteiger partial charge in [-0.25, -0.2) is 0 Å². The van der Waals surface area contributed by atoms with E-state index in [-0.39, 0.29) is 11.7 Å². The van der Waals surface area contributed by atoms with Crippen LogP contribution in [0.25, 0.3) is 0 Å². The zero-order valence-corrected chi connectivity index (χ0v) is 11.9. The molecule has 0 atom stereocenters. The van der Waals surface area contributed by atoms with E-state index in [9.17, 15) is 9.90 Å². The van der Waals surface area contributed by atoms with E-state index in [0.29, 0.717) is 11.6 Å². The standard InChI is InChI=1S/C15H22N2O2/c1-11(2)16-6-8-17(9-7-16)15(19)13-4-5-14(18)12(3)10-13/h4-5,10-11,18H,6-9H2,1-3H3. The molecule has 1 heterocycles. The number of carbonyl (C=O) groups is 1. The molecule has 104 valence electrons. The molecule has 0 radical (unpaired) electrons. The van der Waals surface area contributed by atoms with Crippen molar-refractivity contribution in [2.75, 3.05) is 26.2 Å². The van der Waals surface area contributed by atoms with Crippen molar-refractivity contribution in [2.24, 2.45) is 0 Å². The van der Waals surface area contributed by atoms with Gasteiger partial charge in [-0.15, -0.1) is 0 Å². The van der Waals surface area contributed by atoms with Crippen LogP contribution in [-0.4, -0.2) is 53.0 Å². The van der Waals surface area contributed by atoms with Crippen molar-refractivity contribution in [1.82, 2.24) is 9.80 Å². The van der Waals surface area contributed by atoms with Crippen molar-refractivity contribution in [3.05, 3.63) is 29.3 Å². The molecule has 1 aliphatic rings. The first-order chi connectivity index (χ1) is 8.99. The summed E-state index contributed by atoms with van der Waals surface area (Å²) in [6.45, 7) is 9.58. The van der Waals surface area contributed by atoms with Gasteiger partial charge in [0.15, 0.2) is 0 Å². The number of benzene rings is 1. The summed E-state index contributed by atoms with van der Waals surface area (Å²) in [6, 6.07) is 5.58. The highest BCUT2D eigenvalue weighted by atomic mass is 16.3. The van der Waals surface area contributed by atoms with Crippen LogP contribution in [0.15, 0.2) is 18.2 Å². The van der Waals surface area contributed by atoms with Crippen molar-refractivity contribution < 1.29 is 9.90 Å². The van der Waals surface area contributed by atoms with Gasteiger partial charge < -0.3 is 10.0 Å². The second-order valence-electron chi connectivity index (χ2n) is 5.42. The van der Waals surface area contributed by atoms with E-state index in [1.165, 1.54) is 0 Å². The maximum absolute atomic E-state index is 12.4. The van der Waals surface area contributed by atoms with Gasteiger partial charge in [0.05, 0.1) is 0 Å². The second kappa shape index (κ2) is 5.61. The van der Waals surface area contributed by atoms with Crippen LogP contribution in [0.3, 0.4) is 0 Å². The zero-order chi connectivity index (χ0) is 14.0. The van der Waals surface area contributed by atoms with E-state index in [4.69, 9.17) is 0 Å². The molecule has 0 aromatic heterocycles. The first-order valence-corrected chi connectivity index (χ1v) is 6.82. The summed E-state index contributed by atoms with van der Waals surface area (Å²) in [5.74, 6) is 0.299. The maximum atomic E-state index is 12.4. The Hall–Kier alpha value is -1.55. The molecule has 1 saturated heterocycles. The van der Waals surface area contributed by atoms with Gasteiger partial charge >= 0.3 is 0 Å². The molecule has 0 spiro atoms. The van der Waals surface area contributed by atoms with Gasteiger partial charge in [0.2, 0.25) is 0 Å². The largest absolute Gasteiger partial charge is 0.508 e. The number of aryl methyl sites for hydroxylation is 1. The van der Waals surface area contributed by atoms with Crippen molar-refractivity contribution >= 4 is 5.91 Å². The molecular formula is C15H22N2O2. The van der Waals surface area contributed by atoms with Gasteiger partial charge in [-0.05, 0) is 44.5 Å². The van der Waals surface area contributed by atoms with Gasteiger partial charge in [0.25, 0.3) is 5.91 Å². The quantitative estimate of drug-likeness (QED) is 0.885. The zero-order valence-electron chi connectivity index (χ0n) is 11.9. The van der Waals surface area contributed by atoms with E-state index in [1.54, 1.807) is 18.2 Å². The summed E-state index contributed by atoms with van der Waals surface area (Å²) in [7, 11) is 0. The van der Waals surface area contributed by atoms with Gasteiger partial charge in [-0.2, -0.15) is 0 Å². The summed E-state index contributed by atoms with van der Waals surface area (Å²) in [5.41, 5.74) is 1.40. The summed E-state index contributed by atoms with van der Waals surface area (Å²) < 4.78 is 0. The normalized spacial score (nSPS) is 16.9. The third-order valence-electron chi connectivity index (χ3n) is 3.78. The lowest BCUT2D eigenvalue weighted by molar-refractivity contribution is 0.0595. The summed E-state index contributed by atoms with van der Waals surface area (Å²) in [4.78, 5) is 16.6. The van der Waals surface area contributed by atoms with Crippen molar-refractivity contribution in [1.29, 1.82) is 0 Å². The topological polar surface area (TPSA) is 43.8 Å². The predicted molar refractivity (Wildman–Crippen MR) is 75.5 cm³/mol. The molecule has 1 fully saturated rings. The molecule has 1 aromatic carbocycles. The molecule has 1 aliphatic heterocycles. The van der Waals surface area contributed by atoms with Gasteiger partial charge in [0, 0.05) is 37.8 Å². The Bertz CT molecular complexity index is 463. The van der Waals surface area contributed by atoms with E-state index >= 15 is 0 Å². The van der Waals surface area contributed by atoms with Gasteiger partial charge in [-0.3, -0.25) is 9.69 Å². The predicted octanol–water partition coefficient (Wildman–Crippen LogP) is 1.87. The van der Waals surface area contributed by atoms with Crippen LogP contribution in [-0.2, 0) is 0 Å². The minimum absolute atomic E-state index is 0.0616. The van der Waals surface area contributed by atoms with E-state index in [2.05, 4.69) is 18.7 Å². The highest BCUT2D eigenvalue weighted by molar-refractivity contribution is 5.94. The van der Waals surface area contributed by atoms with Gasteiger partial charge in [0.1, 0.15) is 5.75 Å². The Balaban J connectivity index is 2.03. The molecule has 0 aliphatic carbocycles. The molecule has 4 heteroatoms. The molecule has 0 unspecified atom stereocenters. The third-order valence-corrected chi connectivity index (χ3v) is 3.78. The highest BCUT2D eigenvalue weighted by Gasteiger charge is 2.23. The van der Waals surface area contributed by atoms with Crippen LogP contribution < -0.4 is 0 Å². The Labute approximate surface area is 114 Å². The van der Waals surface area contributed by atoms with E-state index < -0.39 is 0 Å². The summed E-state index contributed by atoms with van der Waals surface area (Å²) in [6.07, 6.45) is 0. The molecule has 1 N–H and O–H groups in total. The van der Waals surface area contributed by atoms with E-state index in [1.807, 2.05) is 11.8 Å². The lowest BCUT2D eigenvalue weighted by Gasteiger charge is -2.37. The highest BCUT2D eigenvalue weighted by Crippen LogP contribution is 2.18. The smallest absolute Gasteiger partial charge is 0.253 e. The molecule has 1 amide bonds. The number of hydrogen-bond acceptors (Lipinski definition) is 3. The molecule has 0 saturated carbocycles. The fourth-order valence-electron chi connectivity index (χ4n) is 2.41. The number of aromatic hydroxyl groups is 1. The maximum Gasteiger partial charge on any atom is 0.253 e. The molecule has 0 bridgehead atoms. The number of nitrogens with zero attached hydrogens (tertiary/aromatic N) is 2. The van der Waals surface area contributed by atoms with Crippen LogP contribution in [0.5, 0.6) is 5.75 Å². The molecule has 4 nitrogen and oxygen atoms in total. The van der Waals surface area contributed by atoms with Crippen LogP contribution >= 0.6 is 0 Å². The number of hydrogen-bond donors (Lipinski definition) is 1. The first-order valence-electron chi connectivity index (χ1n) is 6.82. The monoisotopic (exact) mass is 262 g/mol. The Morgan fingerprint density at radius 1 is 1.21 bits per heavy atom. The summed E-state index contributed by atoms with van der Waals surface area (Å²) >= 11 is 0. The number of carbonyl (C=O) groups excluding carboxylic acids is 1. The minimum atomic E-state index is 0.0616. The van der Waals surface area contributed by atoms with Crippen LogP contribution in [0, 0.1) is 6.92 Å². The molecular weight excluding hydrogens is 240 g/mol. The molecule has 2 rings (SSSR count). The van der Waals surface area contributed by atoms with Crippen molar-refractivity contribution in [3.63, 3.8) is 0 Å². The Morgan fingerprint density at radius 2 is 1.84 bits per heavy atom. The van der Waals surface area contributed by atoms with Crippen LogP contribution in [0.1, 0.15) is 29.8 Å². The Morgan fingerprint density at radius 3 is 2.37 bits per heavy atom. The van der Waals surface area contributed by atoms with Crippen LogP contribution in [0.2, 0.25) is 0 Å². The molecule has 1 aromatic rings. The van der Waals surface area contributed by atoms with E-state index in [0.717, 1.165) is 31.7 Å². The average molecular weight is 262 g/mol. The minimum Gasteiger partial charge on any atom is -0.508 e. The third kappa shape index (κ3) is 3.07. The lowest BCUT2D eigenvalue weighted by Crippen LogP contribution is -2.50. The number of piperazine rings is 1. The fourth-order valence-corrected chi connectivity index (χ4v) is 2.41. The number of phenols is 1. The van der Waals surface area contributed by atoms with Crippen LogP contribution in [0.4, 0.5) is 0 Å². The van der Waals surface area contributed by atoms with Crippen molar-refractivity contribution in [2.45, 2.75) is 26.8 Å². The number of phenolic OH excluding ortho intramolecular Hbond substituents is 1. The summed E-state index contributed by atoms with van der Waals surface area (Å²) in [5, 5.41) is 9.50. The van der Waals surface area contributed by atoms with Gasteiger partial charge in [-0.1, -0.05) is 0 Å². The molecule has 19 heavy (non-hydrogen) atoms. The number of amides is 1. The Kier molecular flexibility index (Phi) is 4.10. The number of rotatable bonds is 2. The average Bonchev–Trinajstić information content (AvgIpc) is 2.41. The fraction of sp³-hybridized carbons (Fsp3) is 0.533. The second-order valence-corrected chi connectivity index (χ2v) is 5.42.